The van der Waals surface area contributed by atoms with Crippen LogP contribution >= 0.6 is 23.2 Å². The van der Waals surface area contributed by atoms with Crippen molar-refractivity contribution in [3.63, 3.8) is 0 Å². The van der Waals surface area contributed by atoms with Crippen LogP contribution in [0.25, 0.3) is 11.3 Å². The molecule has 3 aromatic rings. The Kier molecular flexibility index (Phi) is 5.32. The van der Waals surface area contributed by atoms with Gasteiger partial charge in [0.1, 0.15) is 17.3 Å². The Morgan fingerprint density at radius 2 is 2.07 bits per heavy atom. The standard InChI is InChI=1S/C21H21Cl2N3O2/c1-12(2)20-24-18-7-8-26(11-16(18)21(27)25-20)10-14-4-6-19(28-14)15-5-3-13(22)9-17(15)23/h3-6,9,12H,7-8,10-11H2,1-2H3,(H,24,25,27). The summed E-state index contributed by atoms with van der Waals surface area (Å²) in [5.74, 6) is 2.49. The highest BCUT2D eigenvalue weighted by Crippen LogP contribution is 2.32. The number of fused-ring (bicyclic) bond motifs is 1. The lowest BCUT2D eigenvalue weighted by molar-refractivity contribution is 0.223. The SMILES string of the molecule is CC(C)c1nc2c(c(=O)[nH]1)CN(Cc1ccc(-c3ccc(Cl)cc3Cl)o1)CC2. The number of aromatic amines is 1. The van der Waals surface area contributed by atoms with E-state index < -0.39 is 0 Å². The van der Waals surface area contributed by atoms with Crippen molar-refractivity contribution in [2.75, 3.05) is 6.54 Å². The summed E-state index contributed by atoms with van der Waals surface area (Å²) in [4.78, 5) is 22.2. The molecule has 0 aliphatic carbocycles. The summed E-state index contributed by atoms with van der Waals surface area (Å²) in [6.45, 7) is 6.07. The number of H-pyrrole nitrogens is 1. The van der Waals surface area contributed by atoms with Crippen molar-refractivity contribution >= 4 is 23.2 Å². The van der Waals surface area contributed by atoms with Crippen LogP contribution in [-0.4, -0.2) is 21.4 Å². The number of hydrogen-bond donors (Lipinski definition) is 1. The van der Waals surface area contributed by atoms with E-state index in [9.17, 15) is 4.79 Å². The van der Waals surface area contributed by atoms with Gasteiger partial charge in [0.25, 0.3) is 5.56 Å². The summed E-state index contributed by atoms with van der Waals surface area (Å²) in [5.41, 5.74) is 2.44. The molecule has 0 radical (unpaired) electrons. The highest BCUT2D eigenvalue weighted by Gasteiger charge is 2.22. The Labute approximate surface area is 173 Å². The number of nitrogens with one attached hydrogen (secondary N) is 1. The number of furan rings is 1. The van der Waals surface area contributed by atoms with Crippen LogP contribution in [0.5, 0.6) is 0 Å². The second kappa shape index (κ2) is 7.74. The van der Waals surface area contributed by atoms with E-state index in [1.165, 1.54) is 0 Å². The monoisotopic (exact) mass is 417 g/mol. The lowest BCUT2D eigenvalue weighted by atomic mass is 10.1. The molecule has 2 aromatic heterocycles. The molecule has 0 atom stereocenters. The summed E-state index contributed by atoms with van der Waals surface area (Å²) in [5, 5.41) is 1.14. The Bertz CT molecular complexity index is 1070. The van der Waals surface area contributed by atoms with Crippen molar-refractivity contribution in [2.24, 2.45) is 0 Å². The summed E-state index contributed by atoms with van der Waals surface area (Å²) in [7, 11) is 0. The zero-order valence-electron chi connectivity index (χ0n) is 15.8. The molecule has 146 valence electrons. The smallest absolute Gasteiger partial charge is 0.255 e. The molecular formula is C21H21Cl2N3O2. The first-order valence-corrected chi connectivity index (χ1v) is 10.0. The third-order valence-corrected chi connectivity index (χ3v) is 5.50. The molecule has 0 unspecified atom stereocenters. The van der Waals surface area contributed by atoms with E-state index in [-0.39, 0.29) is 11.5 Å². The zero-order valence-corrected chi connectivity index (χ0v) is 17.3. The maximum absolute atomic E-state index is 12.5. The number of hydrogen-bond acceptors (Lipinski definition) is 4. The molecule has 7 heteroatoms. The van der Waals surface area contributed by atoms with Gasteiger partial charge in [-0.05, 0) is 30.3 Å². The van der Waals surface area contributed by atoms with Crippen LogP contribution < -0.4 is 5.56 Å². The molecule has 4 rings (SSSR count). The lowest BCUT2D eigenvalue weighted by Crippen LogP contribution is -2.35. The summed E-state index contributed by atoms with van der Waals surface area (Å²) in [6.07, 6.45) is 0.759. The van der Waals surface area contributed by atoms with Gasteiger partial charge in [-0.15, -0.1) is 0 Å². The second-order valence-electron chi connectivity index (χ2n) is 7.38. The van der Waals surface area contributed by atoms with E-state index >= 15 is 0 Å². The van der Waals surface area contributed by atoms with Crippen molar-refractivity contribution in [1.82, 2.24) is 14.9 Å². The van der Waals surface area contributed by atoms with E-state index in [1.54, 1.807) is 12.1 Å². The summed E-state index contributed by atoms with van der Waals surface area (Å²) < 4.78 is 5.99. The average Bonchev–Trinajstić information content (AvgIpc) is 3.10. The summed E-state index contributed by atoms with van der Waals surface area (Å²) >= 11 is 12.2. The van der Waals surface area contributed by atoms with Crippen molar-refractivity contribution in [3.8, 4) is 11.3 Å². The molecule has 1 aliphatic heterocycles. The van der Waals surface area contributed by atoms with Gasteiger partial charge in [0.2, 0.25) is 0 Å². The van der Waals surface area contributed by atoms with Gasteiger partial charge < -0.3 is 9.40 Å². The Morgan fingerprint density at radius 1 is 1.25 bits per heavy atom. The lowest BCUT2D eigenvalue weighted by Gasteiger charge is -2.27. The number of nitrogens with zero attached hydrogens (tertiary/aromatic N) is 2. The molecule has 5 nitrogen and oxygen atoms in total. The number of rotatable bonds is 4. The van der Waals surface area contributed by atoms with Gasteiger partial charge in [-0.1, -0.05) is 37.0 Å². The minimum atomic E-state index is -0.0357. The van der Waals surface area contributed by atoms with Crippen LogP contribution in [0.1, 0.15) is 42.6 Å². The van der Waals surface area contributed by atoms with Gasteiger partial charge >= 0.3 is 0 Å². The maximum atomic E-state index is 12.5. The van der Waals surface area contributed by atoms with E-state index in [0.717, 1.165) is 41.4 Å². The first-order chi connectivity index (χ1) is 13.4. The molecule has 0 amide bonds. The van der Waals surface area contributed by atoms with E-state index in [2.05, 4.69) is 14.9 Å². The molecule has 28 heavy (non-hydrogen) atoms. The minimum Gasteiger partial charge on any atom is -0.460 e. The first-order valence-electron chi connectivity index (χ1n) is 9.29. The van der Waals surface area contributed by atoms with Crippen LogP contribution in [0.2, 0.25) is 10.0 Å². The molecule has 1 N–H and O–H groups in total. The largest absolute Gasteiger partial charge is 0.460 e. The van der Waals surface area contributed by atoms with E-state index in [0.29, 0.717) is 28.9 Å². The molecule has 3 heterocycles. The van der Waals surface area contributed by atoms with Gasteiger partial charge in [-0.3, -0.25) is 9.69 Å². The van der Waals surface area contributed by atoms with Crippen LogP contribution in [0.15, 0.2) is 39.5 Å². The molecule has 0 saturated heterocycles. The highest BCUT2D eigenvalue weighted by molar-refractivity contribution is 6.36. The van der Waals surface area contributed by atoms with Gasteiger partial charge in [-0.2, -0.15) is 0 Å². The fourth-order valence-corrected chi connectivity index (χ4v) is 3.93. The normalized spacial score (nSPS) is 14.5. The van der Waals surface area contributed by atoms with Gasteiger partial charge in [-0.25, -0.2) is 4.98 Å². The molecule has 1 aliphatic rings. The Morgan fingerprint density at radius 3 is 2.82 bits per heavy atom. The third kappa shape index (κ3) is 3.88. The number of aromatic nitrogens is 2. The van der Waals surface area contributed by atoms with Crippen LogP contribution in [-0.2, 0) is 19.5 Å². The topological polar surface area (TPSA) is 62.1 Å². The second-order valence-corrected chi connectivity index (χ2v) is 8.23. The van der Waals surface area contributed by atoms with Crippen molar-refractivity contribution in [2.45, 2.75) is 39.3 Å². The van der Waals surface area contributed by atoms with Gasteiger partial charge in [0, 0.05) is 36.0 Å². The predicted molar refractivity (Wildman–Crippen MR) is 111 cm³/mol. The van der Waals surface area contributed by atoms with Crippen LogP contribution in [0, 0.1) is 0 Å². The van der Waals surface area contributed by atoms with Crippen molar-refractivity contribution < 1.29 is 4.42 Å². The molecule has 0 saturated carbocycles. The molecule has 1 aromatic carbocycles. The molecule has 0 fully saturated rings. The van der Waals surface area contributed by atoms with E-state index in [4.69, 9.17) is 27.6 Å². The molecule has 0 spiro atoms. The highest BCUT2D eigenvalue weighted by atomic mass is 35.5. The minimum absolute atomic E-state index is 0.0357. The Balaban J connectivity index is 1.51. The molecular weight excluding hydrogens is 397 g/mol. The first kappa shape index (κ1) is 19.2. The quantitative estimate of drug-likeness (QED) is 0.647. The van der Waals surface area contributed by atoms with Gasteiger partial charge in [0.05, 0.1) is 22.8 Å². The van der Waals surface area contributed by atoms with E-state index in [1.807, 2.05) is 32.0 Å². The fourth-order valence-electron chi connectivity index (χ4n) is 3.43. The zero-order chi connectivity index (χ0) is 19.8. The Hall–Kier alpha value is -2.08. The fraction of sp³-hybridized carbons (Fsp3) is 0.333. The third-order valence-electron chi connectivity index (χ3n) is 4.95. The number of benzene rings is 1. The van der Waals surface area contributed by atoms with Gasteiger partial charge in [0.15, 0.2) is 0 Å². The summed E-state index contributed by atoms with van der Waals surface area (Å²) in [6, 6.07) is 9.19. The number of halogens is 2. The molecule has 0 bridgehead atoms. The van der Waals surface area contributed by atoms with Crippen molar-refractivity contribution in [3.05, 3.63) is 73.6 Å². The van der Waals surface area contributed by atoms with Crippen LogP contribution in [0.4, 0.5) is 0 Å². The van der Waals surface area contributed by atoms with Crippen molar-refractivity contribution in [1.29, 1.82) is 0 Å². The van der Waals surface area contributed by atoms with Crippen LogP contribution in [0.3, 0.4) is 0 Å². The predicted octanol–water partition coefficient (Wildman–Crippen LogP) is 5.02. The maximum Gasteiger partial charge on any atom is 0.255 e. The average molecular weight is 418 g/mol.